The summed E-state index contributed by atoms with van der Waals surface area (Å²) >= 11 is 0. The molecule has 3 aromatic rings. The van der Waals surface area contributed by atoms with Crippen LogP contribution in [0.1, 0.15) is 16.1 Å². The van der Waals surface area contributed by atoms with Crippen molar-refractivity contribution >= 4 is 5.78 Å². The molecular formula is C21H21NO5. The molecule has 0 radical (unpaired) electrons. The summed E-state index contributed by atoms with van der Waals surface area (Å²) in [5.74, 6) is 1.92. The molecule has 0 aliphatic carbocycles. The van der Waals surface area contributed by atoms with Crippen molar-refractivity contribution < 1.29 is 23.7 Å². The number of methoxy groups -OCH3 is 4. The molecule has 0 unspecified atom stereocenters. The van der Waals surface area contributed by atoms with Gasteiger partial charge in [-0.05, 0) is 41.5 Å². The first-order valence-electron chi connectivity index (χ1n) is 8.28. The second-order valence-electron chi connectivity index (χ2n) is 5.77. The minimum atomic E-state index is -0.172. The summed E-state index contributed by atoms with van der Waals surface area (Å²) in [5.41, 5.74) is 2.80. The minimum absolute atomic E-state index is 0.172. The van der Waals surface area contributed by atoms with Gasteiger partial charge in [0.15, 0.2) is 11.5 Å². The number of benzene rings is 2. The molecule has 0 amide bonds. The maximum absolute atomic E-state index is 12.9. The summed E-state index contributed by atoms with van der Waals surface area (Å²) in [6, 6.07) is 12.7. The van der Waals surface area contributed by atoms with Gasteiger partial charge < -0.3 is 23.9 Å². The van der Waals surface area contributed by atoms with Crippen molar-refractivity contribution in [3.63, 3.8) is 0 Å². The predicted octanol–water partition coefficient (Wildman–Crippen LogP) is 3.95. The van der Waals surface area contributed by atoms with Crippen molar-refractivity contribution in [2.45, 2.75) is 0 Å². The number of hydrogen-bond donors (Lipinski definition) is 1. The van der Waals surface area contributed by atoms with Gasteiger partial charge in [-0.1, -0.05) is 12.1 Å². The van der Waals surface area contributed by atoms with E-state index < -0.39 is 0 Å². The fourth-order valence-corrected chi connectivity index (χ4v) is 2.84. The summed E-state index contributed by atoms with van der Waals surface area (Å²) in [5, 5.41) is 0. The highest BCUT2D eigenvalue weighted by Crippen LogP contribution is 2.38. The number of rotatable bonds is 7. The van der Waals surface area contributed by atoms with Crippen LogP contribution in [0.15, 0.2) is 48.7 Å². The molecule has 0 saturated heterocycles. The van der Waals surface area contributed by atoms with Gasteiger partial charge in [0, 0.05) is 11.8 Å². The predicted molar refractivity (Wildman–Crippen MR) is 102 cm³/mol. The molecule has 3 rings (SSSR count). The van der Waals surface area contributed by atoms with Gasteiger partial charge >= 0.3 is 0 Å². The minimum Gasteiger partial charge on any atom is -0.497 e. The van der Waals surface area contributed by atoms with Crippen LogP contribution < -0.4 is 18.9 Å². The number of nitrogens with one attached hydrogen (secondary N) is 1. The molecule has 0 saturated carbocycles. The van der Waals surface area contributed by atoms with Crippen molar-refractivity contribution in [3.05, 3.63) is 59.9 Å². The Balaban J connectivity index is 1.93. The second kappa shape index (κ2) is 7.86. The molecule has 6 heteroatoms. The number of ether oxygens (including phenoxy) is 4. The zero-order valence-electron chi connectivity index (χ0n) is 15.7. The topological polar surface area (TPSA) is 69.8 Å². The number of carbonyl (C=O) groups is 1. The monoisotopic (exact) mass is 367 g/mol. The van der Waals surface area contributed by atoms with Crippen molar-refractivity contribution in [1.82, 2.24) is 4.98 Å². The Bertz CT molecular complexity index is 918. The van der Waals surface area contributed by atoms with E-state index in [2.05, 4.69) is 4.98 Å². The maximum atomic E-state index is 12.9. The zero-order chi connectivity index (χ0) is 19.4. The Morgan fingerprint density at radius 2 is 1.41 bits per heavy atom. The van der Waals surface area contributed by atoms with Gasteiger partial charge in [0.2, 0.25) is 11.5 Å². The summed E-state index contributed by atoms with van der Waals surface area (Å²) in [4.78, 5) is 16.0. The number of hydrogen-bond acceptors (Lipinski definition) is 5. The van der Waals surface area contributed by atoms with E-state index in [-0.39, 0.29) is 5.78 Å². The Morgan fingerprint density at radius 1 is 0.778 bits per heavy atom. The molecule has 140 valence electrons. The normalized spacial score (nSPS) is 10.4. The van der Waals surface area contributed by atoms with Crippen LogP contribution in [-0.2, 0) is 0 Å². The third-order valence-corrected chi connectivity index (χ3v) is 4.28. The smallest absolute Gasteiger partial charge is 0.209 e. The molecule has 1 aromatic heterocycles. The average molecular weight is 367 g/mol. The summed E-state index contributed by atoms with van der Waals surface area (Å²) in [7, 11) is 6.18. The van der Waals surface area contributed by atoms with Gasteiger partial charge in [-0.15, -0.1) is 0 Å². The molecule has 2 aromatic carbocycles. The van der Waals surface area contributed by atoms with E-state index in [0.29, 0.717) is 28.5 Å². The lowest BCUT2D eigenvalue weighted by Crippen LogP contribution is -2.04. The van der Waals surface area contributed by atoms with Gasteiger partial charge in [-0.3, -0.25) is 4.79 Å². The Kier molecular flexibility index (Phi) is 5.35. The summed E-state index contributed by atoms with van der Waals surface area (Å²) in [6.07, 6.45) is 1.80. The van der Waals surface area contributed by atoms with E-state index >= 15 is 0 Å². The van der Waals surface area contributed by atoms with Crippen LogP contribution in [0.3, 0.4) is 0 Å². The van der Waals surface area contributed by atoms with E-state index in [4.69, 9.17) is 18.9 Å². The van der Waals surface area contributed by atoms with E-state index in [0.717, 1.165) is 16.9 Å². The molecule has 27 heavy (non-hydrogen) atoms. The maximum Gasteiger partial charge on any atom is 0.209 e. The first-order valence-corrected chi connectivity index (χ1v) is 8.28. The van der Waals surface area contributed by atoms with Crippen molar-refractivity contribution in [2.24, 2.45) is 0 Å². The van der Waals surface area contributed by atoms with Crippen LogP contribution in [0.25, 0.3) is 11.1 Å². The van der Waals surface area contributed by atoms with Crippen LogP contribution >= 0.6 is 0 Å². The molecule has 0 spiro atoms. The van der Waals surface area contributed by atoms with E-state index in [1.807, 2.05) is 30.3 Å². The number of aromatic nitrogens is 1. The average Bonchev–Trinajstić information content (AvgIpc) is 3.22. The Labute approximate surface area is 157 Å². The highest BCUT2D eigenvalue weighted by atomic mass is 16.5. The van der Waals surface area contributed by atoms with Crippen LogP contribution in [0.2, 0.25) is 0 Å². The van der Waals surface area contributed by atoms with Gasteiger partial charge in [-0.25, -0.2) is 0 Å². The van der Waals surface area contributed by atoms with Crippen molar-refractivity contribution in [1.29, 1.82) is 0 Å². The molecule has 0 fully saturated rings. The van der Waals surface area contributed by atoms with Gasteiger partial charge in [-0.2, -0.15) is 0 Å². The van der Waals surface area contributed by atoms with Crippen LogP contribution in [0.4, 0.5) is 0 Å². The highest BCUT2D eigenvalue weighted by molar-refractivity contribution is 6.09. The molecule has 1 heterocycles. The zero-order valence-corrected chi connectivity index (χ0v) is 15.7. The third kappa shape index (κ3) is 3.60. The van der Waals surface area contributed by atoms with Gasteiger partial charge in [0.25, 0.3) is 0 Å². The van der Waals surface area contributed by atoms with E-state index in [1.165, 1.54) is 21.3 Å². The van der Waals surface area contributed by atoms with Crippen molar-refractivity contribution in [2.75, 3.05) is 28.4 Å². The Hall–Kier alpha value is -3.41. The fraction of sp³-hybridized carbons (Fsp3) is 0.190. The molecule has 0 atom stereocenters. The molecule has 0 aliphatic rings. The van der Waals surface area contributed by atoms with Crippen LogP contribution in [0, 0.1) is 0 Å². The van der Waals surface area contributed by atoms with Gasteiger partial charge in [0.1, 0.15) is 5.75 Å². The molecule has 1 N–H and O–H groups in total. The molecule has 0 aliphatic heterocycles. The largest absolute Gasteiger partial charge is 0.497 e. The third-order valence-electron chi connectivity index (χ3n) is 4.28. The van der Waals surface area contributed by atoms with Gasteiger partial charge in [0.05, 0.1) is 34.1 Å². The standard InChI is InChI=1S/C21H21NO5/c1-24-16-7-5-13(6-8-16)15-9-17(22-12-15)20(23)14-10-18(25-2)21(27-4)19(11-14)26-3/h5-12,22H,1-4H3. The van der Waals surface area contributed by atoms with Crippen LogP contribution in [0.5, 0.6) is 23.0 Å². The summed E-state index contributed by atoms with van der Waals surface area (Å²) in [6.45, 7) is 0. The van der Waals surface area contributed by atoms with E-state index in [1.54, 1.807) is 25.4 Å². The fourth-order valence-electron chi connectivity index (χ4n) is 2.84. The lowest BCUT2D eigenvalue weighted by atomic mass is 10.0. The lowest BCUT2D eigenvalue weighted by Gasteiger charge is -2.13. The summed E-state index contributed by atoms with van der Waals surface area (Å²) < 4.78 is 21.1. The SMILES string of the molecule is COc1ccc(-c2c[nH]c(C(=O)c3cc(OC)c(OC)c(OC)c3)c2)cc1. The molecule has 0 bridgehead atoms. The second-order valence-corrected chi connectivity index (χ2v) is 5.77. The molecular weight excluding hydrogens is 346 g/mol. The van der Waals surface area contributed by atoms with Crippen molar-refractivity contribution in [3.8, 4) is 34.1 Å². The number of carbonyl (C=O) groups excluding carboxylic acids is 1. The number of aromatic amines is 1. The highest BCUT2D eigenvalue weighted by Gasteiger charge is 2.19. The number of ketones is 1. The first kappa shape index (κ1) is 18.4. The Morgan fingerprint density at radius 3 is 1.93 bits per heavy atom. The van der Waals surface area contributed by atoms with Crippen LogP contribution in [-0.4, -0.2) is 39.2 Å². The number of H-pyrrole nitrogens is 1. The quantitative estimate of drug-likeness (QED) is 0.641. The first-order chi connectivity index (χ1) is 13.1. The molecule has 6 nitrogen and oxygen atoms in total. The lowest BCUT2D eigenvalue weighted by molar-refractivity contribution is 0.103. The van der Waals surface area contributed by atoms with E-state index in [9.17, 15) is 4.79 Å².